The number of aryl methyl sites for hydroxylation is 2. The SMILES string of the molecule is COCCOC(=O)c1c(C)[nH]c(C(=O)NC(C)CCc2ccco2)c1C. The van der Waals surface area contributed by atoms with Gasteiger partial charge in [0.2, 0.25) is 0 Å². The van der Waals surface area contributed by atoms with E-state index in [1.54, 1.807) is 20.1 Å². The lowest BCUT2D eigenvalue weighted by Gasteiger charge is -2.13. The molecule has 2 heterocycles. The number of hydrogen-bond donors (Lipinski definition) is 2. The van der Waals surface area contributed by atoms with Crippen LogP contribution >= 0.6 is 0 Å². The zero-order chi connectivity index (χ0) is 19.1. The molecule has 0 spiro atoms. The molecule has 0 fully saturated rings. The molecule has 26 heavy (non-hydrogen) atoms. The third kappa shape index (κ3) is 4.98. The largest absolute Gasteiger partial charge is 0.469 e. The second kappa shape index (κ2) is 9.24. The molecule has 7 heteroatoms. The van der Waals surface area contributed by atoms with E-state index in [-0.39, 0.29) is 18.6 Å². The molecule has 142 valence electrons. The Bertz CT molecular complexity index is 733. The lowest BCUT2D eigenvalue weighted by Crippen LogP contribution is -2.33. The number of H-pyrrole nitrogens is 1. The van der Waals surface area contributed by atoms with Crippen LogP contribution in [0.15, 0.2) is 22.8 Å². The van der Waals surface area contributed by atoms with Crippen LogP contribution in [0.5, 0.6) is 0 Å². The Kier molecular flexibility index (Phi) is 7.03. The lowest BCUT2D eigenvalue weighted by atomic mass is 10.1. The predicted molar refractivity (Wildman–Crippen MR) is 96.4 cm³/mol. The number of hydrogen-bond acceptors (Lipinski definition) is 5. The molecule has 1 unspecified atom stereocenters. The maximum Gasteiger partial charge on any atom is 0.340 e. The maximum absolute atomic E-state index is 12.5. The smallest absolute Gasteiger partial charge is 0.340 e. The van der Waals surface area contributed by atoms with E-state index in [1.165, 1.54) is 7.11 Å². The minimum Gasteiger partial charge on any atom is -0.469 e. The Hall–Kier alpha value is -2.54. The van der Waals surface area contributed by atoms with E-state index in [4.69, 9.17) is 13.9 Å². The molecule has 0 aliphatic heterocycles. The Morgan fingerprint density at radius 1 is 1.31 bits per heavy atom. The molecule has 0 radical (unpaired) electrons. The summed E-state index contributed by atoms with van der Waals surface area (Å²) in [6.07, 6.45) is 3.13. The molecule has 0 aromatic carbocycles. The highest BCUT2D eigenvalue weighted by atomic mass is 16.6. The molecule has 0 bridgehead atoms. The van der Waals surface area contributed by atoms with Crippen molar-refractivity contribution < 1.29 is 23.5 Å². The van der Waals surface area contributed by atoms with E-state index in [2.05, 4.69) is 10.3 Å². The summed E-state index contributed by atoms with van der Waals surface area (Å²) in [5, 5.41) is 2.95. The highest BCUT2D eigenvalue weighted by molar-refractivity contribution is 6.00. The van der Waals surface area contributed by atoms with Gasteiger partial charge in [0.1, 0.15) is 18.1 Å². The van der Waals surface area contributed by atoms with Crippen LogP contribution in [0.3, 0.4) is 0 Å². The van der Waals surface area contributed by atoms with Crippen molar-refractivity contribution in [3.05, 3.63) is 46.7 Å². The van der Waals surface area contributed by atoms with E-state index in [0.29, 0.717) is 29.1 Å². The third-order valence-electron chi connectivity index (χ3n) is 4.17. The van der Waals surface area contributed by atoms with Crippen LogP contribution in [0.2, 0.25) is 0 Å². The third-order valence-corrected chi connectivity index (χ3v) is 4.17. The number of methoxy groups -OCH3 is 1. The van der Waals surface area contributed by atoms with Crippen LogP contribution in [0.1, 0.15) is 51.2 Å². The summed E-state index contributed by atoms with van der Waals surface area (Å²) in [6.45, 7) is 5.92. The molecular formula is C19H26N2O5. The highest BCUT2D eigenvalue weighted by Gasteiger charge is 2.23. The van der Waals surface area contributed by atoms with Crippen molar-refractivity contribution in [3.63, 3.8) is 0 Å². The molecular weight excluding hydrogens is 336 g/mol. The maximum atomic E-state index is 12.5. The molecule has 2 aromatic rings. The van der Waals surface area contributed by atoms with Gasteiger partial charge >= 0.3 is 5.97 Å². The monoisotopic (exact) mass is 362 g/mol. The summed E-state index contributed by atoms with van der Waals surface area (Å²) < 4.78 is 15.3. The molecule has 0 saturated carbocycles. The van der Waals surface area contributed by atoms with Gasteiger partial charge in [0.25, 0.3) is 5.91 Å². The fourth-order valence-corrected chi connectivity index (χ4v) is 2.75. The van der Waals surface area contributed by atoms with Crippen molar-refractivity contribution in [1.82, 2.24) is 10.3 Å². The molecule has 2 aromatic heterocycles. The van der Waals surface area contributed by atoms with Crippen LogP contribution in [-0.2, 0) is 15.9 Å². The number of nitrogens with one attached hydrogen (secondary N) is 2. The molecule has 2 rings (SSSR count). The molecule has 1 amide bonds. The molecule has 7 nitrogen and oxygen atoms in total. The van der Waals surface area contributed by atoms with E-state index in [1.807, 2.05) is 19.1 Å². The van der Waals surface area contributed by atoms with Gasteiger partial charge in [-0.05, 0) is 44.9 Å². The zero-order valence-corrected chi connectivity index (χ0v) is 15.7. The van der Waals surface area contributed by atoms with E-state index < -0.39 is 5.97 Å². The Balaban J connectivity index is 1.98. The molecule has 0 saturated heterocycles. The van der Waals surface area contributed by atoms with Crippen molar-refractivity contribution >= 4 is 11.9 Å². The first-order valence-electron chi connectivity index (χ1n) is 8.62. The van der Waals surface area contributed by atoms with Crippen LogP contribution < -0.4 is 5.32 Å². The molecule has 2 N–H and O–H groups in total. The predicted octanol–water partition coefficient (Wildman–Crippen LogP) is 2.78. The molecule has 0 aliphatic rings. The van der Waals surface area contributed by atoms with Gasteiger partial charge in [0.05, 0.1) is 18.4 Å². The van der Waals surface area contributed by atoms with Gasteiger partial charge in [-0.1, -0.05) is 0 Å². The lowest BCUT2D eigenvalue weighted by molar-refractivity contribution is 0.0387. The number of carbonyl (C=O) groups is 2. The average molecular weight is 362 g/mol. The van der Waals surface area contributed by atoms with E-state index >= 15 is 0 Å². The van der Waals surface area contributed by atoms with Gasteiger partial charge in [-0.3, -0.25) is 4.79 Å². The number of esters is 1. The Morgan fingerprint density at radius 3 is 2.73 bits per heavy atom. The topological polar surface area (TPSA) is 93.6 Å². The van der Waals surface area contributed by atoms with Crippen LogP contribution in [0.25, 0.3) is 0 Å². The summed E-state index contributed by atoms with van der Waals surface area (Å²) in [5.74, 6) is 0.186. The summed E-state index contributed by atoms with van der Waals surface area (Å²) >= 11 is 0. The zero-order valence-electron chi connectivity index (χ0n) is 15.7. The van der Waals surface area contributed by atoms with Crippen molar-refractivity contribution in [2.24, 2.45) is 0 Å². The minimum atomic E-state index is -0.460. The second-order valence-electron chi connectivity index (χ2n) is 6.25. The number of ether oxygens (including phenoxy) is 2. The van der Waals surface area contributed by atoms with Crippen LogP contribution in [0.4, 0.5) is 0 Å². The van der Waals surface area contributed by atoms with E-state index in [9.17, 15) is 9.59 Å². The highest BCUT2D eigenvalue weighted by Crippen LogP contribution is 2.19. The quantitative estimate of drug-likeness (QED) is 0.528. The van der Waals surface area contributed by atoms with Crippen LogP contribution in [-0.4, -0.2) is 43.2 Å². The second-order valence-corrected chi connectivity index (χ2v) is 6.25. The molecule has 1 atom stereocenters. The van der Waals surface area contributed by atoms with Crippen molar-refractivity contribution in [2.75, 3.05) is 20.3 Å². The van der Waals surface area contributed by atoms with Gasteiger partial charge in [0.15, 0.2) is 0 Å². The summed E-state index contributed by atoms with van der Waals surface area (Å²) in [5.41, 5.74) is 1.97. The first-order valence-corrected chi connectivity index (χ1v) is 8.62. The number of rotatable bonds is 9. The fourth-order valence-electron chi connectivity index (χ4n) is 2.75. The van der Waals surface area contributed by atoms with Crippen molar-refractivity contribution in [1.29, 1.82) is 0 Å². The normalized spacial score (nSPS) is 12.0. The number of carbonyl (C=O) groups excluding carboxylic acids is 2. The first kappa shape index (κ1) is 19.8. The van der Waals surface area contributed by atoms with Crippen LogP contribution in [0, 0.1) is 13.8 Å². The van der Waals surface area contributed by atoms with Gasteiger partial charge in [-0.2, -0.15) is 0 Å². The van der Waals surface area contributed by atoms with Crippen molar-refractivity contribution in [2.45, 2.75) is 39.7 Å². The van der Waals surface area contributed by atoms with Gasteiger partial charge in [-0.15, -0.1) is 0 Å². The minimum absolute atomic E-state index is 0.0345. The number of aromatic amines is 1. The summed E-state index contributed by atoms with van der Waals surface area (Å²) in [6, 6.07) is 3.72. The fraction of sp³-hybridized carbons (Fsp3) is 0.474. The Morgan fingerprint density at radius 2 is 2.08 bits per heavy atom. The van der Waals surface area contributed by atoms with E-state index in [0.717, 1.165) is 18.6 Å². The van der Waals surface area contributed by atoms with Gasteiger partial charge in [-0.25, -0.2) is 4.79 Å². The average Bonchev–Trinajstić information content (AvgIpc) is 3.21. The van der Waals surface area contributed by atoms with Gasteiger partial charge in [0, 0.05) is 25.3 Å². The standard InChI is InChI=1S/C19H26N2O5/c1-12(7-8-15-6-5-9-25-15)20-18(22)17-13(2)16(14(3)21-17)19(23)26-11-10-24-4/h5-6,9,12,21H,7-8,10-11H2,1-4H3,(H,20,22). The summed E-state index contributed by atoms with van der Waals surface area (Å²) in [4.78, 5) is 27.8. The number of amides is 1. The summed E-state index contributed by atoms with van der Waals surface area (Å²) in [7, 11) is 1.54. The Labute approximate surface area is 153 Å². The first-order chi connectivity index (χ1) is 12.4. The number of aromatic nitrogens is 1. The van der Waals surface area contributed by atoms with Crippen molar-refractivity contribution in [3.8, 4) is 0 Å². The van der Waals surface area contributed by atoms with Gasteiger partial charge < -0.3 is 24.2 Å². The number of furan rings is 1. The molecule has 0 aliphatic carbocycles.